The number of para-hydroxylation sites is 2. The van der Waals surface area contributed by atoms with Crippen molar-refractivity contribution in [3.8, 4) is 22.9 Å². The Morgan fingerprint density at radius 2 is 1.87 bits per heavy atom. The van der Waals surface area contributed by atoms with Crippen molar-refractivity contribution in [1.29, 1.82) is 0 Å². The summed E-state index contributed by atoms with van der Waals surface area (Å²) < 4.78 is 13.0. The Balaban J connectivity index is 1.92. The van der Waals surface area contributed by atoms with Gasteiger partial charge in [0.25, 0.3) is 0 Å². The van der Waals surface area contributed by atoms with Crippen LogP contribution in [0.15, 0.2) is 59.8 Å². The van der Waals surface area contributed by atoms with E-state index in [0.717, 1.165) is 11.1 Å². The summed E-state index contributed by atoms with van der Waals surface area (Å²) in [5, 5.41) is 7.88. The molecular formula is C22H23N5O3. The Labute approximate surface area is 174 Å². The highest BCUT2D eigenvalue weighted by atomic mass is 16.5. The number of ether oxygens (including phenoxy) is 2. The maximum Gasteiger partial charge on any atom is 0.248 e. The molecule has 0 bridgehead atoms. The number of aromatic nitrogens is 3. The molecule has 30 heavy (non-hydrogen) atoms. The minimum atomic E-state index is -0.572. The first-order chi connectivity index (χ1) is 14.5. The molecule has 1 aromatic heterocycles. The van der Waals surface area contributed by atoms with Gasteiger partial charge in [-0.1, -0.05) is 30.3 Å². The zero-order valence-corrected chi connectivity index (χ0v) is 17.0. The number of nitrogens with one attached hydrogen (secondary N) is 1. The molecule has 0 saturated heterocycles. The first kappa shape index (κ1) is 19.5. The van der Waals surface area contributed by atoms with Gasteiger partial charge >= 0.3 is 0 Å². The second-order valence-electron chi connectivity index (χ2n) is 6.81. The van der Waals surface area contributed by atoms with Gasteiger partial charge in [-0.15, -0.1) is 5.10 Å². The molecule has 0 fully saturated rings. The molecule has 0 radical (unpaired) electrons. The number of methoxy groups -OCH3 is 1. The summed E-state index contributed by atoms with van der Waals surface area (Å²) in [4.78, 5) is 17.1. The number of rotatable bonds is 6. The van der Waals surface area contributed by atoms with Crippen LogP contribution in [0.5, 0.6) is 11.5 Å². The SMILES string of the molecule is CCOc1ccccc1C1C(C(N)=O)=C(C)Nc2nc(-c3ccccc3OC)nn21. The summed E-state index contributed by atoms with van der Waals surface area (Å²) in [7, 11) is 1.60. The third-order valence-corrected chi connectivity index (χ3v) is 4.98. The molecule has 8 heteroatoms. The number of carbonyl (C=O) groups is 1. The lowest BCUT2D eigenvalue weighted by Crippen LogP contribution is -2.32. The molecule has 8 nitrogen and oxygen atoms in total. The molecule has 3 N–H and O–H groups in total. The average Bonchev–Trinajstić information content (AvgIpc) is 3.16. The molecule has 154 valence electrons. The third-order valence-electron chi connectivity index (χ3n) is 4.98. The smallest absolute Gasteiger partial charge is 0.248 e. The van der Waals surface area contributed by atoms with E-state index in [1.165, 1.54) is 0 Å². The number of allylic oxidation sites excluding steroid dienone is 1. The molecule has 3 aromatic rings. The number of nitrogens with zero attached hydrogens (tertiary/aromatic N) is 3. The van der Waals surface area contributed by atoms with E-state index < -0.39 is 11.9 Å². The van der Waals surface area contributed by atoms with E-state index in [9.17, 15) is 4.79 Å². The Morgan fingerprint density at radius 1 is 1.17 bits per heavy atom. The zero-order chi connectivity index (χ0) is 21.3. The van der Waals surface area contributed by atoms with Gasteiger partial charge in [-0.05, 0) is 32.0 Å². The van der Waals surface area contributed by atoms with Crippen LogP contribution >= 0.6 is 0 Å². The summed E-state index contributed by atoms with van der Waals surface area (Å²) in [5.41, 5.74) is 8.34. The molecule has 1 unspecified atom stereocenters. The number of nitrogens with two attached hydrogens (primary N) is 1. The second-order valence-corrected chi connectivity index (χ2v) is 6.81. The number of hydrogen-bond donors (Lipinski definition) is 2. The number of anilines is 1. The molecule has 1 aliphatic heterocycles. The predicted molar refractivity (Wildman–Crippen MR) is 113 cm³/mol. The zero-order valence-electron chi connectivity index (χ0n) is 17.0. The highest BCUT2D eigenvalue weighted by molar-refractivity contribution is 5.95. The minimum Gasteiger partial charge on any atom is -0.496 e. The monoisotopic (exact) mass is 405 g/mol. The fourth-order valence-electron chi connectivity index (χ4n) is 3.69. The van der Waals surface area contributed by atoms with Gasteiger partial charge in [-0.25, -0.2) is 4.68 Å². The van der Waals surface area contributed by atoms with Crippen molar-refractivity contribution < 1.29 is 14.3 Å². The number of benzene rings is 2. The normalized spacial score (nSPS) is 15.4. The van der Waals surface area contributed by atoms with E-state index in [4.69, 9.17) is 20.3 Å². The molecule has 1 aliphatic rings. The highest BCUT2D eigenvalue weighted by Gasteiger charge is 2.35. The van der Waals surface area contributed by atoms with Crippen molar-refractivity contribution in [1.82, 2.24) is 14.8 Å². The standard InChI is InChI=1S/C22H23N5O3/c1-4-30-17-12-8-5-9-14(17)19-18(20(23)28)13(2)24-22-25-21(26-27(19)22)15-10-6-7-11-16(15)29-3/h5-12,19H,4H2,1-3H3,(H2,23,28)(H,24,25,26). The summed E-state index contributed by atoms with van der Waals surface area (Å²) in [6.45, 7) is 4.21. The molecule has 4 rings (SSSR count). The van der Waals surface area contributed by atoms with Gasteiger partial charge in [0.15, 0.2) is 5.82 Å². The van der Waals surface area contributed by atoms with Gasteiger partial charge in [-0.3, -0.25) is 4.79 Å². The Morgan fingerprint density at radius 3 is 2.57 bits per heavy atom. The fraction of sp³-hybridized carbons (Fsp3) is 0.227. The van der Waals surface area contributed by atoms with Gasteiger partial charge < -0.3 is 20.5 Å². The Bertz CT molecular complexity index is 1140. The summed E-state index contributed by atoms with van der Waals surface area (Å²) in [6.07, 6.45) is 0. The van der Waals surface area contributed by atoms with E-state index in [1.807, 2.05) is 55.5 Å². The molecule has 2 aromatic carbocycles. The topological polar surface area (TPSA) is 104 Å². The predicted octanol–water partition coefficient (Wildman–Crippen LogP) is 3.13. The minimum absolute atomic E-state index is 0.408. The molecule has 2 heterocycles. The van der Waals surface area contributed by atoms with Crippen LogP contribution < -0.4 is 20.5 Å². The average molecular weight is 405 g/mol. The highest BCUT2D eigenvalue weighted by Crippen LogP contribution is 2.40. The Hall–Kier alpha value is -3.81. The van der Waals surface area contributed by atoms with Crippen molar-refractivity contribution >= 4 is 11.9 Å². The van der Waals surface area contributed by atoms with Crippen LogP contribution in [0.4, 0.5) is 5.95 Å². The number of carbonyl (C=O) groups excluding carboxylic acids is 1. The number of amides is 1. The first-order valence-corrected chi connectivity index (χ1v) is 9.64. The number of primary amides is 1. The van der Waals surface area contributed by atoms with Crippen LogP contribution in [0.2, 0.25) is 0 Å². The van der Waals surface area contributed by atoms with E-state index in [-0.39, 0.29) is 0 Å². The van der Waals surface area contributed by atoms with Gasteiger partial charge in [0.1, 0.15) is 17.5 Å². The molecule has 0 spiro atoms. The number of hydrogen-bond acceptors (Lipinski definition) is 6. The summed E-state index contributed by atoms with van der Waals surface area (Å²) >= 11 is 0. The summed E-state index contributed by atoms with van der Waals surface area (Å²) in [6, 6.07) is 14.5. The fourth-order valence-corrected chi connectivity index (χ4v) is 3.69. The largest absolute Gasteiger partial charge is 0.496 e. The van der Waals surface area contributed by atoms with E-state index in [1.54, 1.807) is 18.7 Å². The Kier molecular flexibility index (Phi) is 5.14. The van der Waals surface area contributed by atoms with Gasteiger partial charge in [0.05, 0.1) is 24.9 Å². The number of fused-ring (bicyclic) bond motifs is 1. The van der Waals surface area contributed by atoms with E-state index >= 15 is 0 Å². The van der Waals surface area contributed by atoms with Crippen molar-refractivity contribution in [3.63, 3.8) is 0 Å². The van der Waals surface area contributed by atoms with Crippen LogP contribution in [0, 0.1) is 0 Å². The van der Waals surface area contributed by atoms with Crippen LogP contribution in [0.1, 0.15) is 25.5 Å². The lowest BCUT2D eigenvalue weighted by molar-refractivity contribution is -0.115. The van der Waals surface area contributed by atoms with Crippen LogP contribution in [-0.2, 0) is 4.79 Å². The third kappa shape index (κ3) is 3.26. The van der Waals surface area contributed by atoms with Gasteiger partial charge in [-0.2, -0.15) is 4.98 Å². The van der Waals surface area contributed by atoms with Crippen LogP contribution in [0.25, 0.3) is 11.4 Å². The van der Waals surface area contributed by atoms with E-state index in [0.29, 0.717) is 41.1 Å². The van der Waals surface area contributed by atoms with Crippen molar-refractivity contribution in [3.05, 3.63) is 65.4 Å². The molecule has 1 amide bonds. The first-order valence-electron chi connectivity index (χ1n) is 9.64. The molecule has 0 aliphatic carbocycles. The van der Waals surface area contributed by atoms with Crippen LogP contribution in [0.3, 0.4) is 0 Å². The maximum absolute atomic E-state index is 12.4. The van der Waals surface area contributed by atoms with Crippen molar-refractivity contribution in [2.75, 3.05) is 19.0 Å². The molecule has 1 atom stereocenters. The van der Waals surface area contributed by atoms with Crippen LogP contribution in [-0.4, -0.2) is 34.4 Å². The molecular weight excluding hydrogens is 382 g/mol. The summed E-state index contributed by atoms with van der Waals surface area (Å²) in [5.74, 6) is 1.78. The quantitative estimate of drug-likeness (QED) is 0.653. The van der Waals surface area contributed by atoms with Crippen molar-refractivity contribution in [2.45, 2.75) is 19.9 Å². The maximum atomic E-state index is 12.4. The van der Waals surface area contributed by atoms with Crippen molar-refractivity contribution in [2.24, 2.45) is 5.73 Å². The van der Waals surface area contributed by atoms with Gasteiger partial charge in [0, 0.05) is 11.3 Å². The van der Waals surface area contributed by atoms with E-state index in [2.05, 4.69) is 10.3 Å². The second kappa shape index (κ2) is 7.90. The lowest BCUT2D eigenvalue weighted by Gasteiger charge is -2.28. The lowest BCUT2D eigenvalue weighted by atomic mass is 9.94. The molecule has 0 saturated carbocycles. The van der Waals surface area contributed by atoms with Gasteiger partial charge in [0.2, 0.25) is 11.9 Å².